The Kier molecular flexibility index (Phi) is 6.55. The highest BCUT2D eigenvalue weighted by molar-refractivity contribution is 5.83. The van der Waals surface area contributed by atoms with E-state index in [0.717, 1.165) is 61.0 Å². The molecule has 2 aromatic rings. The molecule has 202 valence electrons. The molecule has 0 amide bonds. The largest absolute Gasteiger partial charge is 0.494 e. The van der Waals surface area contributed by atoms with Gasteiger partial charge in [-0.3, -0.25) is 0 Å². The van der Waals surface area contributed by atoms with E-state index in [1.54, 1.807) is 7.11 Å². The number of ether oxygens (including phenoxy) is 1. The summed E-state index contributed by atoms with van der Waals surface area (Å²) >= 11 is 0. The van der Waals surface area contributed by atoms with E-state index >= 15 is 0 Å². The van der Waals surface area contributed by atoms with Crippen LogP contribution in [0.15, 0.2) is 24.4 Å². The van der Waals surface area contributed by atoms with Gasteiger partial charge in [0.25, 0.3) is 0 Å². The van der Waals surface area contributed by atoms with E-state index < -0.39 is 0 Å². The van der Waals surface area contributed by atoms with E-state index in [4.69, 9.17) is 9.72 Å². The number of aliphatic hydroxyl groups is 2. The number of aliphatic hydroxyl groups excluding tert-OH is 2. The molecule has 37 heavy (non-hydrogen) atoms. The number of aromatic nitrogens is 2. The summed E-state index contributed by atoms with van der Waals surface area (Å²) in [6.07, 6.45) is 12.5. The van der Waals surface area contributed by atoms with Crippen LogP contribution in [0.1, 0.15) is 84.4 Å². The third-order valence-corrected chi connectivity index (χ3v) is 12.1. The van der Waals surface area contributed by atoms with E-state index in [9.17, 15) is 10.2 Å². The molecule has 2 N–H and O–H groups in total. The van der Waals surface area contributed by atoms with E-state index in [-0.39, 0.29) is 12.2 Å². The molecular formula is C32H46N2O3. The minimum absolute atomic E-state index is 0.167. The Balaban J connectivity index is 1.17. The van der Waals surface area contributed by atoms with Crippen molar-refractivity contribution in [1.82, 2.24) is 9.97 Å². The molecular weight excluding hydrogens is 460 g/mol. The molecule has 0 radical (unpaired) electrons. The Hall–Kier alpha value is -1.72. The number of nitrogens with zero attached hydrogens (tertiary/aromatic N) is 2. The zero-order chi connectivity index (χ0) is 25.9. The highest BCUT2D eigenvalue weighted by atomic mass is 16.5. The number of rotatable bonds is 5. The second kappa shape index (κ2) is 9.48. The first-order valence-electron chi connectivity index (χ1n) is 14.9. The predicted octanol–water partition coefficient (Wildman–Crippen LogP) is 6.20. The van der Waals surface area contributed by atoms with Gasteiger partial charge in [-0.25, -0.2) is 9.97 Å². The summed E-state index contributed by atoms with van der Waals surface area (Å²) in [6, 6.07) is 5.99. The monoisotopic (exact) mass is 506 g/mol. The first kappa shape index (κ1) is 25.6. The zero-order valence-electron chi connectivity index (χ0n) is 23.2. The van der Waals surface area contributed by atoms with Crippen molar-refractivity contribution < 1.29 is 14.9 Å². The second-order valence-corrected chi connectivity index (χ2v) is 13.7. The molecule has 1 heterocycles. The van der Waals surface area contributed by atoms with Crippen LogP contribution < -0.4 is 4.74 Å². The van der Waals surface area contributed by atoms with Gasteiger partial charge < -0.3 is 14.9 Å². The van der Waals surface area contributed by atoms with Gasteiger partial charge in [-0.2, -0.15) is 0 Å². The zero-order valence-corrected chi connectivity index (χ0v) is 23.2. The summed E-state index contributed by atoms with van der Waals surface area (Å²) in [6.45, 7) is 7.51. The van der Waals surface area contributed by atoms with Gasteiger partial charge in [0.05, 0.1) is 19.3 Å². The number of hydrogen-bond donors (Lipinski definition) is 2. The van der Waals surface area contributed by atoms with Crippen molar-refractivity contribution >= 4 is 10.9 Å². The maximum absolute atomic E-state index is 11.5. The molecule has 4 aliphatic rings. The van der Waals surface area contributed by atoms with Crippen LogP contribution in [0.25, 0.3) is 10.9 Å². The van der Waals surface area contributed by atoms with Gasteiger partial charge in [0.1, 0.15) is 17.1 Å². The van der Waals surface area contributed by atoms with Crippen molar-refractivity contribution in [2.75, 3.05) is 7.11 Å². The van der Waals surface area contributed by atoms with Crippen molar-refractivity contribution in [1.29, 1.82) is 0 Å². The topological polar surface area (TPSA) is 75.5 Å². The lowest BCUT2D eigenvalue weighted by Gasteiger charge is -2.62. The lowest BCUT2D eigenvalue weighted by Crippen LogP contribution is -2.58. The Morgan fingerprint density at radius 1 is 1.03 bits per heavy atom. The third kappa shape index (κ3) is 4.11. The lowest BCUT2D eigenvalue weighted by atomic mass is 9.43. The van der Waals surface area contributed by atoms with Crippen molar-refractivity contribution in [3.63, 3.8) is 0 Å². The van der Waals surface area contributed by atoms with Gasteiger partial charge in [-0.15, -0.1) is 0 Å². The highest BCUT2D eigenvalue weighted by Crippen LogP contribution is 2.68. The van der Waals surface area contributed by atoms with Crippen molar-refractivity contribution in [3.8, 4) is 5.75 Å². The summed E-state index contributed by atoms with van der Waals surface area (Å²) in [5, 5.41) is 22.9. The van der Waals surface area contributed by atoms with Crippen molar-refractivity contribution in [2.45, 2.75) is 97.2 Å². The third-order valence-electron chi connectivity index (χ3n) is 12.1. The molecule has 4 aliphatic carbocycles. The standard InChI is InChI=1S/C32H46N2O3/c1-19(8-11-28-33-18-20-6-5-7-27(37-4)30(20)34-28)23-9-10-24-29-25(13-15-32(23,24)3)31(2)14-12-22(35)16-21(31)17-26(29)36/h5-7,18-19,21-26,29,35-36H,8-17H2,1-4H3/t19-,21+,22-,23-,24+,25?,26+,29+,31+,32-/m1/s1. The summed E-state index contributed by atoms with van der Waals surface area (Å²) in [4.78, 5) is 9.55. The smallest absolute Gasteiger partial charge is 0.145 e. The van der Waals surface area contributed by atoms with Crippen molar-refractivity contribution in [2.24, 2.45) is 46.3 Å². The molecule has 4 fully saturated rings. The van der Waals surface area contributed by atoms with Crippen LogP contribution in [0.5, 0.6) is 5.75 Å². The van der Waals surface area contributed by atoms with Crippen molar-refractivity contribution in [3.05, 3.63) is 30.2 Å². The fourth-order valence-corrected chi connectivity index (χ4v) is 10.1. The quantitative estimate of drug-likeness (QED) is 0.505. The maximum Gasteiger partial charge on any atom is 0.145 e. The van der Waals surface area contributed by atoms with Gasteiger partial charge in [-0.1, -0.05) is 32.9 Å². The number of benzene rings is 1. The number of fused-ring (bicyclic) bond motifs is 6. The average molecular weight is 507 g/mol. The Labute approximate surface area is 222 Å². The second-order valence-electron chi connectivity index (χ2n) is 13.7. The number of aryl methyl sites for hydroxylation is 1. The molecule has 0 bridgehead atoms. The normalized spacial score (nSPS) is 42.1. The Morgan fingerprint density at radius 2 is 1.81 bits per heavy atom. The van der Waals surface area contributed by atoms with Gasteiger partial charge in [0, 0.05) is 18.0 Å². The molecule has 1 unspecified atom stereocenters. The number of methoxy groups -OCH3 is 1. The van der Waals surface area contributed by atoms with Crippen LogP contribution in [-0.2, 0) is 6.42 Å². The highest BCUT2D eigenvalue weighted by Gasteiger charge is 2.62. The summed E-state index contributed by atoms with van der Waals surface area (Å²) in [7, 11) is 1.70. The molecule has 0 saturated heterocycles. The van der Waals surface area contributed by atoms with E-state index in [1.165, 1.54) is 25.7 Å². The molecule has 6 rings (SSSR count). The van der Waals surface area contributed by atoms with Crippen LogP contribution in [0.2, 0.25) is 0 Å². The summed E-state index contributed by atoms with van der Waals surface area (Å²) < 4.78 is 5.54. The first-order chi connectivity index (χ1) is 17.7. The molecule has 4 saturated carbocycles. The number of hydrogen-bond acceptors (Lipinski definition) is 5. The lowest BCUT2D eigenvalue weighted by molar-refractivity contribution is -0.174. The maximum atomic E-state index is 11.5. The van der Waals surface area contributed by atoms with Crippen LogP contribution in [0, 0.1) is 46.3 Å². The summed E-state index contributed by atoms with van der Waals surface area (Å²) in [5.74, 6) is 5.18. The van der Waals surface area contributed by atoms with Gasteiger partial charge >= 0.3 is 0 Å². The van der Waals surface area contributed by atoms with Crippen LogP contribution in [0.4, 0.5) is 0 Å². The SMILES string of the molecule is COc1cccc2cnc(CC[C@@H](C)[C@H]3CC[C@H]4[C@H]5C(CC[C@]34C)[C@@]3(C)CC[C@@H](O)C[C@H]3C[C@@H]5O)nc12. The number of para-hydroxylation sites is 1. The van der Waals surface area contributed by atoms with Crippen LogP contribution in [0.3, 0.4) is 0 Å². The van der Waals surface area contributed by atoms with Gasteiger partial charge in [-0.05, 0) is 110 Å². The Morgan fingerprint density at radius 3 is 2.62 bits per heavy atom. The molecule has 5 nitrogen and oxygen atoms in total. The van der Waals surface area contributed by atoms with Crippen LogP contribution in [-0.4, -0.2) is 39.5 Å². The molecule has 10 atom stereocenters. The molecule has 1 aromatic heterocycles. The summed E-state index contributed by atoms with van der Waals surface area (Å²) in [5.41, 5.74) is 1.51. The Bertz CT molecular complexity index is 1140. The predicted molar refractivity (Wildman–Crippen MR) is 146 cm³/mol. The fraction of sp³-hybridized carbons (Fsp3) is 0.750. The van der Waals surface area contributed by atoms with Gasteiger partial charge in [0.2, 0.25) is 0 Å². The minimum atomic E-state index is -0.201. The molecule has 1 aromatic carbocycles. The van der Waals surface area contributed by atoms with E-state index in [1.807, 2.05) is 24.4 Å². The molecule has 5 heteroatoms. The van der Waals surface area contributed by atoms with Crippen LogP contribution >= 0.6 is 0 Å². The van der Waals surface area contributed by atoms with Gasteiger partial charge in [0.15, 0.2) is 0 Å². The average Bonchev–Trinajstić information content (AvgIpc) is 3.25. The van der Waals surface area contributed by atoms with E-state index in [2.05, 4.69) is 25.8 Å². The molecule has 0 aliphatic heterocycles. The first-order valence-corrected chi connectivity index (χ1v) is 14.9. The minimum Gasteiger partial charge on any atom is -0.494 e. The fourth-order valence-electron chi connectivity index (χ4n) is 10.1. The van der Waals surface area contributed by atoms with E-state index in [0.29, 0.717) is 46.3 Å². The molecule has 0 spiro atoms.